The van der Waals surface area contributed by atoms with Crippen molar-refractivity contribution < 1.29 is 14.9 Å². The largest absolute Gasteiger partial charge is 0.368 e. The summed E-state index contributed by atoms with van der Waals surface area (Å²) in [5.41, 5.74) is 0.465. The molecule has 0 unspecified atom stereocenters. The number of rotatable bonds is 4. The highest BCUT2D eigenvalue weighted by atomic mass is 17.1. The predicted molar refractivity (Wildman–Crippen MR) is 41.9 cm³/mol. The van der Waals surface area contributed by atoms with Gasteiger partial charge in [-0.1, -0.05) is 19.1 Å². The summed E-state index contributed by atoms with van der Waals surface area (Å²) in [5.74, 6) is -0.686. The van der Waals surface area contributed by atoms with E-state index in [1.807, 2.05) is 6.92 Å². The second kappa shape index (κ2) is 5.68. The number of carbonyl (C=O) groups excluding carboxylic acids is 1. The lowest BCUT2D eigenvalue weighted by atomic mass is 10.2. The third kappa shape index (κ3) is 3.57. The fourth-order valence-electron chi connectivity index (χ4n) is 0.656. The van der Waals surface area contributed by atoms with E-state index in [4.69, 9.17) is 5.26 Å². The van der Waals surface area contributed by atoms with Gasteiger partial charge in [0.25, 0.3) is 0 Å². The van der Waals surface area contributed by atoms with Crippen LogP contribution in [0, 0.1) is 0 Å². The van der Waals surface area contributed by atoms with Crippen LogP contribution in [-0.2, 0) is 9.68 Å². The van der Waals surface area contributed by atoms with Gasteiger partial charge in [0.2, 0.25) is 0 Å². The Hall–Kier alpha value is -1.09. The summed E-state index contributed by atoms with van der Waals surface area (Å²) in [7, 11) is 0. The molecule has 0 saturated carbocycles. The van der Waals surface area contributed by atoms with E-state index in [9.17, 15) is 4.79 Å². The van der Waals surface area contributed by atoms with Crippen molar-refractivity contribution in [2.24, 2.45) is 0 Å². The first-order valence-corrected chi connectivity index (χ1v) is 3.41. The van der Waals surface area contributed by atoms with Crippen LogP contribution < -0.4 is 0 Å². The van der Waals surface area contributed by atoms with Crippen LogP contribution in [-0.4, -0.2) is 11.2 Å². The minimum absolute atomic E-state index is 0.465. The third-order valence-corrected chi connectivity index (χ3v) is 1.26. The van der Waals surface area contributed by atoms with Gasteiger partial charge in [0, 0.05) is 5.57 Å². The first-order chi connectivity index (χ1) is 5.26. The highest BCUT2D eigenvalue weighted by molar-refractivity contribution is 5.87. The topological polar surface area (TPSA) is 46.5 Å². The second-order valence-electron chi connectivity index (χ2n) is 1.99. The minimum Gasteiger partial charge on any atom is -0.296 e. The smallest absolute Gasteiger partial charge is 0.296 e. The van der Waals surface area contributed by atoms with Gasteiger partial charge in [-0.25, -0.2) is 4.79 Å². The Bertz CT molecular complexity index is 170. The maximum Gasteiger partial charge on any atom is 0.368 e. The van der Waals surface area contributed by atoms with Crippen molar-refractivity contribution in [3.05, 3.63) is 24.3 Å². The van der Waals surface area contributed by atoms with Gasteiger partial charge < -0.3 is 0 Å². The van der Waals surface area contributed by atoms with Crippen molar-refractivity contribution in [3.63, 3.8) is 0 Å². The second-order valence-corrected chi connectivity index (χ2v) is 1.99. The van der Waals surface area contributed by atoms with Crippen molar-refractivity contribution in [2.45, 2.75) is 19.8 Å². The van der Waals surface area contributed by atoms with E-state index in [2.05, 4.69) is 11.5 Å². The molecule has 0 radical (unpaired) electrons. The Morgan fingerprint density at radius 2 is 2.36 bits per heavy atom. The van der Waals surface area contributed by atoms with Gasteiger partial charge in [-0.05, 0) is 12.8 Å². The van der Waals surface area contributed by atoms with Crippen LogP contribution in [0.1, 0.15) is 19.8 Å². The molecule has 11 heavy (non-hydrogen) atoms. The average molecular weight is 156 g/mol. The maximum atomic E-state index is 10.7. The van der Waals surface area contributed by atoms with Crippen molar-refractivity contribution in [3.8, 4) is 0 Å². The Morgan fingerprint density at radius 3 is 2.73 bits per heavy atom. The van der Waals surface area contributed by atoms with Gasteiger partial charge in [0.05, 0.1) is 0 Å². The molecule has 3 heteroatoms. The molecule has 0 aliphatic rings. The summed E-state index contributed by atoms with van der Waals surface area (Å²) < 4.78 is 0. The van der Waals surface area contributed by atoms with E-state index in [-0.39, 0.29) is 0 Å². The molecular formula is C8H12O3. The Kier molecular flexibility index (Phi) is 5.11. The van der Waals surface area contributed by atoms with E-state index in [0.29, 0.717) is 18.4 Å². The first-order valence-electron chi connectivity index (χ1n) is 3.41. The fourth-order valence-corrected chi connectivity index (χ4v) is 0.656. The van der Waals surface area contributed by atoms with Crippen molar-refractivity contribution in [1.82, 2.24) is 0 Å². The normalized spacial score (nSPS) is 10.9. The monoisotopic (exact) mass is 156 g/mol. The number of carbonyl (C=O) groups is 1. The van der Waals surface area contributed by atoms with Crippen LogP contribution in [0.2, 0.25) is 0 Å². The van der Waals surface area contributed by atoms with E-state index in [0.717, 1.165) is 0 Å². The quantitative estimate of drug-likeness (QED) is 0.293. The molecule has 0 spiro atoms. The molecule has 0 fully saturated rings. The maximum absolute atomic E-state index is 10.7. The average Bonchev–Trinajstić information content (AvgIpc) is 2.05. The molecule has 3 nitrogen and oxygen atoms in total. The molecule has 0 amide bonds. The Balaban J connectivity index is 4.13. The summed E-state index contributed by atoms with van der Waals surface area (Å²) in [4.78, 5) is 14.2. The SMILES string of the molecule is C=CCC=C(CC)C(=O)OO. The van der Waals surface area contributed by atoms with Crippen LogP contribution in [0.5, 0.6) is 0 Å². The van der Waals surface area contributed by atoms with Crippen LogP contribution in [0.4, 0.5) is 0 Å². The lowest BCUT2D eigenvalue weighted by molar-refractivity contribution is -0.229. The highest BCUT2D eigenvalue weighted by Gasteiger charge is 2.06. The number of allylic oxidation sites excluding steroid dienone is 2. The van der Waals surface area contributed by atoms with E-state index < -0.39 is 5.97 Å². The Labute approximate surface area is 65.9 Å². The summed E-state index contributed by atoms with van der Waals surface area (Å²) in [5, 5.41) is 8.02. The molecule has 62 valence electrons. The number of hydrogen-bond donors (Lipinski definition) is 1. The molecular weight excluding hydrogens is 144 g/mol. The van der Waals surface area contributed by atoms with Gasteiger partial charge in [0.15, 0.2) is 0 Å². The van der Waals surface area contributed by atoms with Crippen LogP contribution in [0.15, 0.2) is 24.3 Å². The van der Waals surface area contributed by atoms with Gasteiger partial charge in [-0.3, -0.25) is 4.89 Å². The minimum atomic E-state index is -0.686. The molecule has 0 aliphatic carbocycles. The third-order valence-electron chi connectivity index (χ3n) is 1.26. The molecule has 0 atom stereocenters. The summed E-state index contributed by atoms with van der Waals surface area (Å²) >= 11 is 0. The molecule has 0 heterocycles. The van der Waals surface area contributed by atoms with Crippen LogP contribution in [0.25, 0.3) is 0 Å². The molecule has 0 saturated heterocycles. The van der Waals surface area contributed by atoms with Crippen LogP contribution in [0.3, 0.4) is 0 Å². The zero-order chi connectivity index (χ0) is 8.69. The van der Waals surface area contributed by atoms with Gasteiger partial charge in [-0.2, -0.15) is 5.26 Å². The summed E-state index contributed by atoms with van der Waals surface area (Å²) in [6, 6.07) is 0. The van der Waals surface area contributed by atoms with E-state index in [1.165, 1.54) is 0 Å². The summed E-state index contributed by atoms with van der Waals surface area (Å²) in [6.07, 6.45) is 4.50. The van der Waals surface area contributed by atoms with Crippen molar-refractivity contribution >= 4 is 5.97 Å². The van der Waals surface area contributed by atoms with Crippen LogP contribution >= 0.6 is 0 Å². The molecule has 1 N–H and O–H groups in total. The first kappa shape index (κ1) is 9.91. The lowest BCUT2D eigenvalue weighted by Gasteiger charge is -1.97. The van der Waals surface area contributed by atoms with Gasteiger partial charge in [-0.15, -0.1) is 6.58 Å². The predicted octanol–water partition coefficient (Wildman–Crippen LogP) is 1.92. The molecule has 0 aromatic rings. The van der Waals surface area contributed by atoms with E-state index in [1.54, 1.807) is 12.2 Å². The van der Waals surface area contributed by atoms with Gasteiger partial charge >= 0.3 is 5.97 Å². The zero-order valence-corrected chi connectivity index (χ0v) is 6.54. The lowest BCUT2D eigenvalue weighted by Crippen LogP contribution is -2.03. The molecule has 0 aromatic carbocycles. The van der Waals surface area contributed by atoms with Crippen molar-refractivity contribution in [2.75, 3.05) is 0 Å². The zero-order valence-electron chi connectivity index (χ0n) is 6.54. The summed E-state index contributed by atoms with van der Waals surface area (Å²) in [6.45, 7) is 5.30. The molecule has 0 aromatic heterocycles. The molecule has 0 aliphatic heterocycles. The standard InChI is InChI=1S/C8H12O3/c1-3-5-6-7(4-2)8(9)11-10/h3,6,10H,1,4-5H2,2H3. The Morgan fingerprint density at radius 1 is 1.73 bits per heavy atom. The fraction of sp³-hybridized carbons (Fsp3) is 0.375. The molecule has 0 rings (SSSR count). The number of hydrogen-bond acceptors (Lipinski definition) is 3. The van der Waals surface area contributed by atoms with Crippen molar-refractivity contribution in [1.29, 1.82) is 0 Å². The van der Waals surface area contributed by atoms with E-state index >= 15 is 0 Å². The van der Waals surface area contributed by atoms with Gasteiger partial charge in [0.1, 0.15) is 0 Å². The highest BCUT2D eigenvalue weighted by Crippen LogP contribution is 2.04. The molecule has 0 bridgehead atoms.